The standard InChI is InChI=1S/C15H23BBrNO3/c1-13(2,3)19-12-8-10(11(17)9-18-12)16-20-14(4,5)15(6,7)21-16/h8-9H,1-7H3. The van der Waals surface area contributed by atoms with Gasteiger partial charge in [-0.2, -0.15) is 0 Å². The highest BCUT2D eigenvalue weighted by molar-refractivity contribution is 9.10. The minimum absolute atomic E-state index is 0.298. The zero-order valence-corrected chi connectivity index (χ0v) is 15.4. The van der Waals surface area contributed by atoms with Crippen molar-refractivity contribution >= 4 is 28.5 Å². The predicted octanol–water partition coefficient (Wildman–Crippen LogP) is 3.32. The quantitative estimate of drug-likeness (QED) is 0.763. The van der Waals surface area contributed by atoms with Crippen molar-refractivity contribution in [2.45, 2.75) is 65.3 Å². The van der Waals surface area contributed by atoms with Crippen LogP contribution in [-0.2, 0) is 9.31 Å². The van der Waals surface area contributed by atoms with Gasteiger partial charge in [0.2, 0.25) is 5.88 Å². The molecule has 1 aliphatic heterocycles. The van der Waals surface area contributed by atoms with Crippen LogP contribution < -0.4 is 10.2 Å². The van der Waals surface area contributed by atoms with Crippen LogP contribution in [0.1, 0.15) is 48.5 Å². The monoisotopic (exact) mass is 355 g/mol. The largest absolute Gasteiger partial charge is 0.496 e. The first-order valence-corrected chi connectivity index (χ1v) is 7.91. The smallest absolute Gasteiger partial charge is 0.472 e. The molecule has 1 aliphatic rings. The van der Waals surface area contributed by atoms with E-state index < -0.39 is 7.12 Å². The van der Waals surface area contributed by atoms with E-state index in [1.807, 2.05) is 54.5 Å². The van der Waals surface area contributed by atoms with E-state index in [4.69, 9.17) is 14.0 Å². The van der Waals surface area contributed by atoms with E-state index in [2.05, 4.69) is 20.9 Å². The summed E-state index contributed by atoms with van der Waals surface area (Å²) in [6.07, 6.45) is 1.72. The average Bonchev–Trinajstić information content (AvgIpc) is 2.49. The fourth-order valence-corrected chi connectivity index (χ4v) is 2.36. The molecule has 1 aromatic heterocycles. The number of pyridine rings is 1. The zero-order chi connectivity index (χ0) is 16.1. The SMILES string of the molecule is CC(C)(C)Oc1cc(B2OC(C)(C)C(C)(C)O2)c(Br)cn1. The van der Waals surface area contributed by atoms with E-state index in [1.165, 1.54) is 0 Å². The zero-order valence-electron chi connectivity index (χ0n) is 13.8. The Balaban J connectivity index is 2.31. The highest BCUT2D eigenvalue weighted by Crippen LogP contribution is 2.37. The maximum absolute atomic E-state index is 6.08. The van der Waals surface area contributed by atoms with Crippen molar-refractivity contribution in [3.63, 3.8) is 0 Å². The van der Waals surface area contributed by atoms with E-state index in [9.17, 15) is 0 Å². The molecule has 1 fully saturated rings. The predicted molar refractivity (Wildman–Crippen MR) is 88.0 cm³/mol. The van der Waals surface area contributed by atoms with Crippen molar-refractivity contribution in [2.75, 3.05) is 0 Å². The molecule has 21 heavy (non-hydrogen) atoms. The molecule has 116 valence electrons. The molecular weight excluding hydrogens is 333 g/mol. The lowest BCUT2D eigenvalue weighted by Gasteiger charge is -2.32. The van der Waals surface area contributed by atoms with Crippen LogP contribution in [-0.4, -0.2) is 28.9 Å². The first kappa shape index (κ1) is 16.8. The lowest BCUT2D eigenvalue weighted by atomic mass is 9.80. The number of ether oxygens (including phenoxy) is 1. The van der Waals surface area contributed by atoms with Gasteiger partial charge in [-0.25, -0.2) is 4.98 Å². The number of hydrogen-bond donors (Lipinski definition) is 0. The van der Waals surface area contributed by atoms with Crippen molar-refractivity contribution in [2.24, 2.45) is 0 Å². The number of hydrogen-bond acceptors (Lipinski definition) is 4. The fraction of sp³-hybridized carbons (Fsp3) is 0.667. The van der Waals surface area contributed by atoms with E-state index in [0.717, 1.165) is 9.94 Å². The molecule has 6 heteroatoms. The molecule has 0 saturated carbocycles. The Morgan fingerprint density at radius 3 is 2.14 bits per heavy atom. The lowest BCUT2D eigenvalue weighted by molar-refractivity contribution is 0.00578. The van der Waals surface area contributed by atoms with Crippen molar-refractivity contribution in [1.29, 1.82) is 0 Å². The molecule has 0 aliphatic carbocycles. The van der Waals surface area contributed by atoms with Crippen LogP contribution in [0, 0.1) is 0 Å². The molecule has 2 heterocycles. The summed E-state index contributed by atoms with van der Waals surface area (Å²) in [7, 11) is -0.435. The van der Waals surface area contributed by atoms with Crippen LogP contribution in [0.5, 0.6) is 5.88 Å². The Bertz CT molecular complexity index is 524. The number of nitrogens with zero attached hydrogens (tertiary/aromatic N) is 1. The summed E-state index contributed by atoms with van der Waals surface area (Å²) >= 11 is 3.52. The molecule has 0 aromatic carbocycles. The van der Waals surface area contributed by atoms with Gasteiger partial charge in [-0.1, -0.05) is 0 Å². The summed E-state index contributed by atoms with van der Waals surface area (Å²) in [6, 6.07) is 1.87. The summed E-state index contributed by atoms with van der Waals surface area (Å²) in [4.78, 5) is 4.29. The van der Waals surface area contributed by atoms with Gasteiger partial charge < -0.3 is 14.0 Å². The third-order valence-electron chi connectivity index (χ3n) is 3.78. The maximum atomic E-state index is 6.08. The number of rotatable bonds is 2. The molecule has 4 nitrogen and oxygen atoms in total. The van der Waals surface area contributed by atoms with Gasteiger partial charge in [0.25, 0.3) is 0 Å². The van der Waals surface area contributed by atoms with Crippen LogP contribution in [0.25, 0.3) is 0 Å². The summed E-state index contributed by atoms with van der Waals surface area (Å²) in [6.45, 7) is 14.1. The molecular formula is C15H23BBrNO3. The second kappa shape index (κ2) is 5.25. The molecule has 0 unspecified atom stereocenters. The van der Waals surface area contributed by atoms with E-state index >= 15 is 0 Å². The summed E-state index contributed by atoms with van der Waals surface area (Å²) in [5.41, 5.74) is -0.145. The molecule has 1 aromatic rings. The van der Waals surface area contributed by atoms with Crippen LogP contribution in [0.4, 0.5) is 0 Å². The Morgan fingerprint density at radius 1 is 1.14 bits per heavy atom. The number of halogens is 1. The van der Waals surface area contributed by atoms with Gasteiger partial charge in [0.1, 0.15) is 5.60 Å². The summed E-state index contributed by atoms with van der Waals surface area (Å²) in [5, 5.41) is 0. The topological polar surface area (TPSA) is 40.6 Å². The Morgan fingerprint density at radius 2 is 1.67 bits per heavy atom. The average molecular weight is 356 g/mol. The highest BCUT2D eigenvalue weighted by Gasteiger charge is 2.52. The molecule has 0 bridgehead atoms. The Kier molecular flexibility index (Phi) is 4.19. The number of aromatic nitrogens is 1. The molecule has 0 N–H and O–H groups in total. The van der Waals surface area contributed by atoms with Gasteiger partial charge in [0.15, 0.2) is 0 Å². The van der Waals surface area contributed by atoms with Gasteiger partial charge in [-0.05, 0) is 64.4 Å². The van der Waals surface area contributed by atoms with Crippen molar-refractivity contribution < 1.29 is 14.0 Å². The van der Waals surface area contributed by atoms with E-state index in [0.29, 0.717) is 5.88 Å². The molecule has 0 spiro atoms. The molecule has 0 radical (unpaired) electrons. The van der Waals surface area contributed by atoms with Gasteiger partial charge in [0, 0.05) is 22.2 Å². The van der Waals surface area contributed by atoms with Crippen molar-refractivity contribution in [3.8, 4) is 5.88 Å². The third kappa shape index (κ3) is 3.60. The van der Waals surface area contributed by atoms with E-state index in [-0.39, 0.29) is 16.8 Å². The third-order valence-corrected chi connectivity index (χ3v) is 4.44. The molecule has 2 rings (SSSR count). The summed E-state index contributed by atoms with van der Waals surface area (Å²) < 4.78 is 18.8. The fourth-order valence-electron chi connectivity index (χ4n) is 1.95. The Labute approximate surface area is 135 Å². The molecule has 0 amide bonds. The first-order chi connectivity index (χ1) is 9.41. The van der Waals surface area contributed by atoms with Crippen LogP contribution in [0.15, 0.2) is 16.7 Å². The normalized spacial score (nSPS) is 20.7. The van der Waals surface area contributed by atoms with Gasteiger partial charge in [-0.15, -0.1) is 0 Å². The van der Waals surface area contributed by atoms with E-state index in [1.54, 1.807) is 6.20 Å². The van der Waals surface area contributed by atoms with Gasteiger partial charge in [-0.3, -0.25) is 0 Å². The van der Waals surface area contributed by atoms with Crippen LogP contribution in [0.3, 0.4) is 0 Å². The summed E-state index contributed by atoms with van der Waals surface area (Å²) in [5.74, 6) is 0.565. The Hall–Kier alpha value is -0.585. The van der Waals surface area contributed by atoms with Crippen molar-refractivity contribution in [1.82, 2.24) is 4.98 Å². The van der Waals surface area contributed by atoms with Crippen LogP contribution in [0.2, 0.25) is 0 Å². The second-order valence-electron chi connectivity index (χ2n) is 7.35. The maximum Gasteiger partial charge on any atom is 0.496 e. The lowest BCUT2D eigenvalue weighted by Crippen LogP contribution is -2.41. The minimum Gasteiger partial charge on any atom is -0.472 e. The van der Waals surface area contributed by atoms with Crippen molar-refractivity contribution in [3.05, 3.63) is 16.7 Å². The van der Waals surface area contributed by atoms with Gasteiger partial charge >= 0.3 is 7.12 Å². The second-order valence-corrected chi connectivity index (χ2v) is 8.20. The van der Waals surface area contributed by atoms with Crippen LogP contribution >= 0.6 is 15.9 Å². The molecule has 1 saturated heterocycles. The molecule has 0 atom stereocenters. The first-order valence-electron chi connectivity index (χ1n) is 7.11. The highest BCUT2D eigenvalue weighted by atomic mass is 79.9. The minimum atomic E-state index is -0.435. The van der Waals surface area contributed by atoms with Gasteiger partial charge in [0.05, 0.1) is 11.2 Å².